The first-order chi connectivity index (χ1) is 30.5. The highest BCUT2D eigenvalue weighted by Gasteiger charge is 2.19. The second kappa shape index (κ2) is 50.5. The van der Waals surface area contributed by atoms with Crippen molar-refractivity contribution in [2.24, 2.45) is 0 Å². The number of unbranched alkanes of at least 4 members (excludes halogenated alkanes) is 25. The molecule has 0 rings (SSSR count). The van der Waals surface area contributed by atoms with Gasteiger partial charge in [-0.2, -0.15) is 0 Å². The molecule has 0 aliphatic rings. The van der Waals surface area contributed by atoms with Crippen LogP contribution in [0, 0.1) is 0 Å². The minimum atomic E-state index is -0.792. The average Bonchev–Trinajstić information content (AvgIpc) is 3.27. The molecule has 0 amide bonds. The summed E-state index contributed by atoms with van der Waals surface area (Å²) >= 11 is 0. The SMILES string of the molecule is CC\C=C/C=C\C=C/CCCCCCCC(=O)OC(COC(=O)CCCCCCC/C=C\C/C=C\CC)COC(=O)CCCCCCCCC/C=C\CCCCCCCCCC. The minimum Gasteiger partial charge on any atom is -0.462 e. The zero-order valence-corrected chi connectivity index (χ0v) is 40.6. The standard InChI is InChI=1S/C56H96O6/c1-4-7-10-13-16-19-22-25-26-27-28-29-30-32-34-37-40-43-46-49-55(58)61-52-53(51-60-54(57)48-45-42-39-36-33-24-21-18-15-12-9-6-3)62-56(59)50-47-44-41-38-35-31-23-20-17-14-11-8-5-2/h8-9,11-12,14,17-18,20-21,23,27-28,53H,4-7,10,13,15-16,19,22,24-26,29-52H2,1-3H3/b11-8-,12-9-,17-14-,21-18-,23-20-,28-27-. The van der Waals surface area contributed by atoms with Crippen LogP contribution in [0.4, 0.5) is 0 Å². The molecule has 0 N–H and O–H groups in total. The van der Waals surface area contributed by atoms with Crippen molar-refractivity contribution in [2.75, 3.05) is 13.2 Å². The highest BCUT2D eigenvalue weighted by molar-refractivity contribution is 5.71. The van der Waals surface area contributed by atoms with E-state index < -0.39 is 6.10 Å². The fourth-order valence-electron chi connectivity index (χ4n) is 7.12. The van der Waals surface area contributed by atoms with Crippen LogP contribution in [0.2, 0.25) is 0 Å². The lowest BCUT2D eigenvalue weighted by Gasteiger charge is -2.18. The molecule has 0 bridgehead atoms. The zero-order chi connectivity index (χ0) is 45.1. The Labute approximate surface area is 382 Å². The van der Waals surface area contributed by atoms with Gasteiger partial charge in [-0.25, -0.2) is 0 Å². The number of ether oxygens (including phenoxy) is 3. The molecule has 6 heteroatoms. The maximum atomic E-state index is 12.8. The third-order valence-corrected chi connectivity index (χ3v) is 11.0. The molecular weight excluding hydrogens is 769 g/mol. The topological polar surface area (TPSA) is 78.9 Å². The van der Waals surface area contributed by atoms with Gasteiger partial charge in [-0.05, 0) is 89.9 Å². The summed E-state index contributed by atoms with van der Waals surface area (Å²) in [5.41, 5.74) is 0. The lowest BCUT2D eigenvalue weighted by atomic mass is 10.1. The number of carbonyl (C=O) groups is 3. The fourth-order valence-corrected chi connectivity index (χ4v) is 7.12. The fraction of sp³-hybridized carbons (Fsp3) is 0.732. The lowest BCUT2D eigenvalue weighted by Crippen LogP contribution is -2.30. The van der Waals surface area contributed by atoms with E-state index in [0.29, 0.717) is 19.3 Å². The number of esters is 3. The quantitative estimate of drug-likeness (QED) is 0.0199. The zero-order valence-electron chi connectivity index (χ0n) is 40.6. The Morgan fingerprint density at radius 3 is 1.16 bits per heavy atom. The summed E-state index contributed by atoms with van der Waals surface area (Å²) in [5, 5.41) is 0. The van der Waals surface area contributed by atoms with Crippen LogP contribution in [-0.4, -0.2) is 37.2 Å². The monoisotopic (exact) mass is 865 g/mol. The van der Waals surface area contributed by atoms with Crippen molar-refractivity contribution in [3.8, 4) is 0 Å². The van der Waals surface area contributed by atoms with Gasteiger partial charge in [-0.3, -0.25) is 14.4 Å². The Kier molecular flexibility index (Phi) is 47.9. The first-order valence-corrected chi connectivity index (χ1v) is 26.0. The van der Waals surface area contributed by atoms with Crippen LogP contribution in [0.15, 0.2) is 72.9 Å². The van der Waals surface area contributed by atoms with Crippen LogP contribution in [0.5, 0.6) is 0 Å². The van der Waals surface area contributed by atoms with Crippen molar-refractivity contribution < 1.29 is 28.6 Å². The lowest BCUT2D eigenvalue weighted by molar-refractivity contribution is -0.167. The summed E-state index contributed by atoms with van der Waals surface area (Å²) in [4.78, 5) is 37.9. The van der Waals surface area contributed by atoms with E-state index in [1.165, 1.54) is 89.9 Å². The summed E-state index contributed by atoms with van der Waals surface area (Å²) in [6.07, 6.45) is 63.2. The Morgan fingerprint density at radius 2 is 0.710 bits per heavy atom. The van der Waals surface area contributed by atoms with Gasteiger partial charge in [0.15, 0.2) is 6.10 Å². The predicted molar refractivity (Wildman–Crippen MR) is 265 cm³/mol. The van der Waals surface area contributed by atoms with Crippen molar-refractivity contribution in [2.45, 2.75) is 252 Å². The number of hydrogen-bond donors (Lipinski definition) is 0. The largest absolute Gasteiger partial charge is 0.462 e. The van der Waals surface area contributed by atoms with E-state index in [-0.39, 0.29) is 31.1 Å². The summed E-state index contributed by atoms with van der Waals surface area (Å²) < 4.78 is 16.8. The smallest absolute Gasteiger partial charge is 0.306 e. The highest BCUT2D eigenvalue weighted by atomic mass is 16.6. The normalized spacial score (nSPS) is 12.6. The number of hydrogen-bond acceptors (Lipinski definition) is 6. The first kappa shape index (κ1) is 58.9. The number of carbonyl (C=O) groups excluding carboxylic acids is 3. The Hall–Kier alpha value is -3.15. The van der Waals surface area contributed by atoms with Gasteiger partial charge in [0.25, 0.3) is 0 Å². The second-order valence-electron chi connectivity index (χ2n) is 17.1. The van der Waals surface area contributed by atoms with Crippen LogP contribution < -0.4 is 0 Å². The van der Waals surface area contributed by atoms with E-state index in [4.69, 9.17) is 14.2 Å². The molecular formula is C56H96O6. The Bertz CT molecular complexity index is 1180. The molecule has 0 aliphatic carbocycles. The minimum absolute atomic E-state index is 0.0909. The van der Waals surface area contributed by atoms with Crippen molar-refractivity contribution >= 4 is 17.9 Å². The Morgan fingerprint density at radius 1 is 0.355 bits per heavy atom. The number of allylic oxidation sites excluding steroid dienone is 12. The molecule has 356 valence electrons. The molecule has 0 saturated heterocycles. The van der Waals surface area contributed by atoms with Gasteiger partial charge in [0.1, 0.15) is 13.2 Å². The third kappa shape index (κ3) is 47.9. The molecule has 62 heavy (non-hydrogen) atoms. The molecule has 1 atom stereocenters. The molecule has 6 nitrogen and oxygen atoms in total. The molecule has 0 fully saturated rings. The van der Waals surface area contributed by atoms with Gasteiger partial charge in [0.05, 0.1) is 0 Å². The summed E-state index contributed by atoms with van der Waals surface area (Å²) in [6.45, 7) is 6.36. The molecule has 1 unspecified atom stereocenters. The van der Waals surface area contributed by atoms with Gasteiger partial charge in [-0.1, -0.05) is 209 Å². The van der Waals surface area contributed by atoms with E-state index in [1.807, 2.05) is 0 Å². The molecule has 0 aliphatic heterocycles. The van der Waals surface area contributed by atoms with Gasteiger partial charge in [-0.15, -0.1) is 0 Å². The summed E-state index contributed by atoms with van der Waals surface area (Å²) in [7, 11) is 0. The second-order valence-corrected chi connectivity index (χ2v) is 17.1. The average molecular weight is 865 g/mol. The van der Waals surface area contributed by atoms with Crippen LogP contribution in [0.1, 0.15) is 245 Å². The van der Waals surface area contributed by atoms with Gasteiger partial charge in [0, 0.05) is 19.3 Å². The number of rotatable bonds is 46. The van der Waals surface area contributed by atoms with E-state index in [0.717, 1.165) is 116 Å². The first-order valence-electron chi connectivity index (χ1n) is 26.0. The van der Waals surface area contributed by atoms with E-state index in [1.54, 1.807) is 0 Å². The van der Waals surface area contributed by atoms with E-state index >= 15 is 0 Å². The highest BCUT2D eigenvalue weighted by Crippen LogP contribution is 2.14. The molecule has 0 heterocycles. The van der Waals surface area contributed by atoms with Crippen LogP contribution in [-0.2, 0) is 28.6 Å². The third-order valence-electron chi connectivity index (χ3n) is 11.0. The van der Waals surface area contributed by atoms with Crippen LogP contribution >= 0.6 is 0 Å². The van der Waals surface area contributed by atoms with E-state index in [9.17, 15) is 14.4 Å². The van der Waals surface area contributed by atoms with E-state index in [2.05, 4.69) is 93.7 Å². The van der Waals surface area contributed by atoms with Gasteiger partial charge < -0.3 is 14.2 Å². The summed E-state index contributed by atoms with van der Waals surface area (Å²) in [6, 6.07) is 0. The molecule has 0 aromatic heterocycles. The van der Waals surface area contributed by atoms with Crippen molar-refractivity contribution in [3.05, 3.63) is 72.9 Å². The van der Waals surface area contributed by atoms with Gasteiger partial charge >= 0.3 is 17.9 Å². The van der Waals surface area contributed by atoms with Crippen molar-refractivity contribution in [1.82, 2.24) is 0 Å². The Balaban J connectivity index is 4.37. The molecule has 0 aromatic carbocycles. The molecule has 0 aromatic rings. The van der Waals surface area contributed by atoms with Crippen molar-refractivity contribution in [1.29, 1.82) is 0 Å². The van der Waals surface area contributed by atoms with Crippen LogP contribution in [0.25, 0.3) is 0 Å². The van der Waals surface area contributed by atoms with Crippen LogP contribution in [0.3, 0.4) is 0 Å². The van der Waals surface area contributed by atoms with Crippen molar-refractivity contribution in [3.63, 3.8) is 0 Å². The predicted octanol–water partition coefficient (Wildman–Crippen LogP) is 17.0. The maximum absolute atomic E-state index is 12.8. The molecule has 0 spiro atoms. The molecule has 0 radical (unpaired) electrons. The summed E-state index contributed by atoms with van der Waals surface area (Å²) in [5.74, 6) is -0.930. The maximum Gasteiger partial charge on any atom is 0.306 e. The molecule has 0 saturated carbocycles. The van der Waals surface area contributed by atoms with Gasteiger partial charge in [0.2, 0.25) is 0 Å².